The first-order chi connectivity index (χ1) is 9.44. The SMILES string of the molecule is COC(=O)c1ccc(S(=O)(=O)NC2CC=CC2)c(N)c1. The van der Waals surface area contributed by atoms with Gasteiger partial charge in [0.25, 0.3) is 0 Å². The zero-order valence-corrected chi connectivity index (χ0v) is 11.8. The molecule has 1 aromatic rings. The van der Waals surface area contributed by atoms with E-state index < -0.39 is 16.0 Å². The van der Waals surface area contributed by atoms with Gasteiger partial charge in [-0.2, -0.15) is 0 Å². The van der Waals surface area contributed by atoms with Gasteiger partial charge in [0.2, 0.25) is 10.0 Å². The number of rotatable bonds is 4. The summed E-state index contributed by atoms with van der Waals surface area (Å²) in [6, 6.07) is 3.85. The second-order valence-electron chi connectivity index (χ2n) is 4.51. The van der Waals surface area contributed by atoms with Crippen molar-refractivity contribution in [3.63, 3.8) is 0 Å². The zero-order chi connectivity index (χ0) is 14.8. The van der Waals surface area contributed by atoms with Gasteiger partial charge in [0, 0.05) is 6.04 Å². The van der Waals surface area contributed by atoms with Crippen LogP contribution in [-0.2, 0) is 14.8 Å². The maximum absolute atomic E-state index is 12.2. The second kappa shape index (κ2) is 5.64. The van der Waals surface area contributed by atoms with E-state index in [2.05, 4.69) is 9.46 Å². The molecular weight excluding hydrogens is 280 g/mol. The van der Waals surface area contributed by atoms with Crippen LogP contribution >= 0.6 is 0 Å². The summed E-state index contributed by atoms with van der Waals surface area (Å²) in [6.45, 7) is 0. The minimum atomic E-state index is -3.69. The molecule has 0 unspecified atom stereocenters. The molecule has 6 nitrogen and oxygen atoms in total. The molecular formula is C13H16N2O4S. The highest BCUT2D eigenvalue weighted by atomic mass is 32.2. The molecule has 108 valence electrons. The minimum absolute atomic E-state index is 0.0198. The number of carbonyl (C=O) groups excluding carboxylic acids is 1. The van der Waals surface area contributed by atoms with E-state index in [1.807, 2.05) is 12.2 Å². The van der Waals surface area contributed by atoms with E-state index in [0.29, 0.717) is 12.8 Å². The van der Waals surface area contributed by atoms with Gasteiger partial charge in [-0.25, -0.2) is 17.9 Å². The molecule has 0 atom stereocenters. The van der Waals surface area contributed by atoms with Gasteiger partial charge >= 0.3 is 5.97 Å². The summed E-state index contributed by atoms with van der Waals surface area (Å²) in [5.74, 6) is -0.561. The summed E-state index contributed by atoms with van der Waals surface area (Å²) in [6.07, 6.45) is 5.19. The van der Waals surface area contributed by atoms with Crippen LogP contribution in [0.2, 0.25) is 0 Å². The Balaban J connectivity index is 2.25. The fourth-order valence-corrected chi connectivity index (χ4v) is 3.41. The predicted octanol–water partition coefficient (Wildman–Crippen LogP) is 1.05. The van der Waals surface area contributed by atoms with Crippen molar-refractivity contribution in [1.82, 2.24) is 4.72 Å². The lowest BCUT2D eigenvalue weighted by Crippen LogP contribution is -2.33. The number of nitrogen functional groups attached to an aromatic ring is 1. The fraction of sp³-hybridized carbons (Fsp3) is 0.308. The van der Waals surface area contributed by atoms with Crippen LogP contribution in [0, 0.1) is 0 Å². The van der Waals surface area contributed by atoms with Crippen LogP contribution in [0.25, 0.3) is 0 Å². The van der Waals surface area contributed by atoms with Gasteiger partial charge in [0.15, 0.2) is 0 Å². The Bertz CT molecular complexity index is 644. The molecule has 0 spiro atoms. The summed E-state index contributed by atoms with van der Waals surface area (Å²) in [4.78, 5) is 11.3. The van der Waals surface area contributed by atoms with Gasteiger partial charge in [-0.05, 0) is 31.0 Å². The molecule has 0 aromatic heterocycles. The standard InChI is InChI=1S/C13H16N2O4S/c1-19-13(16)9-6-7-12(11(14)8-9)20(17,18)15-10-4-2-3-5-10/h2-3,6-8,10,15H,4-5,14H2,1H3. The molecule has 0 heterocycles. The number of carbonyl (C=O) groups is 1. The second-order valence-corrected chi connectivity index (χ2v) is 6.19. The molecule has 1 aliphatic carbocycles. The quantitative estimate of drug-likeness (QED) is 0.491. The summed E-state index contributed by atoms with van der Waals surface area (Å²) in [7, 11) is -2.44. The van der Waals surface area contributed by atoms with E-state index >= 15 is 0 Å². The topological polar surface area (TPSA) is 98.5 Å². The number of benzene rings is 1. The Hall–Kier alpha value is -1.86. The first-order valence-corrected chi connectivity index (χ1v) is 7.57. The normalized spacial score (nSPS) is 15.4. The van der Waals surface area contributed by atoms with Gasteiger partial charge in [-0.3, -0.25) is 0 Å². The third-order valence-electron chi connectivity index (χ3n) is 3.05. The van der Waals surface area contributed by atoms with Gasteiger partial charge < -0.3 is 10.5 Å². The number of hydrogen-bond acceptors (Lipinski definition) is 5. The van der Waals surface area contributed by atoms with E-state index in [9.17, 15) is 13.2 Å². The Labute approximate surface area is 117 Å². The number of sulfonamides is 1. The Morgan fingerprint density at radius 1 is 1.35 bits per heavy atom. The lowest BCUT2D eigenvalue weighted by molar-refractivity contribution is 0.0600. The first-order valence-electron chi connectivity index (χ1n) is 6.09. The molecule has 0 saturated carbocycles. The molecule has 3 N–H and O–H groups in total. The number of hydrogen-bond donors (Lipinski definition) is 2. The fourth-order valence-electron chi connectivity index (χ4n) is 2.03. The van der Waals surface area contributed by atoms with Gasteiger partial charge in [0.1, 0.15) is 4.90 Å². The lowest BCUT2D eigenvalue weighted by Gasteiger charge is -2.14. The predicted molar refractivity (Wildman–Crippen MR) is 74.7 cm³/mol. The van der Waals surface area contributed by atoms with Crippen molar-refractivity contribution in [3.05, 3.63) is 35.9 Å². The maximum atomic E-state index is 12.2. The average Bonchev–Trinajstić information content (AvgIpc) is 2.89. The van der Waals surface area contributed by atoms with E-state index in [-0.39, 0.29) is 22.2 Å². The molecule has 0 bridgehead atoms. The molecule has 0 fully saturated rings. The molecule has 0 amide bonds. The van der Waals surface area contributed by atoms with E-state index in [1.54, 1.807) is 0 Å². The van der Waals surface area contributed by atoms with Crippen LogP contribution in [0.15, 0.2) is 35.2 Å². The Morgan fingerprint density at radius 2 is 2.00 bits per heavy atom. The summed E-state index contributed by atoms with van der Waals surface area (Å²) in [5, 5.41) is 0. The Kier molecular flexibility index (Phi) is 4.10. The van der Waals surface area contributed by atoms with Gasteiger partial charge in [0.05, 0.1) is 18.4 Å². The summed E-state index contributed by atoms with van der Waals surface area (Å²) < 4.78 is 31.6. The summed E-state index contributed by atoms with van der Waals surface area (Å²) >= 11 is 0. The van der Waals surface area contributed by atoms with Crippen molar-refractivity contribution in [2.45, 2.75) is 23.8 Å². The maximum Gasteiger partial charge on any atom is 0.337 e. The van der Waals surface area contributed by atoms with Crippen LogP contribution in [-0.4, -0.2) is 27.5 Å². The van der Waals surface area contributed by atoms with Crippen LogP contribution in [0.3, 0.4) is 0 Å². The van der Waals surface area contributed by atoms with Crippen molar-refractivity contribution < 1.29 is 17.9 Å². The highest BCUT2D eigenvalue weighted by Gasteiger charge is 2.23. The van der Waals surface area contributed by atoms with Crippen LogP contribution in [0.5, 0.6) is 0 Å². The largest absolute Gasteiger partial charge is 0.465 e. The first kappa shape index (κ1) is 14.5. The minimum Gasteiger partial charge on any atom is -0.465 e. The van der Waals surface area contributed by atoms with Crippen molar-refractivity contribution in [1.29, 1.82) is 0 Å². The van der Waals surface area contributed by atoms with Crippen LogP contribution < -0.4 is 10.5 Å². The molecule has 7 heteroatoms. The molecule has 1 aliphatic rings. The monoisotopic (exact) mass is 296 g/mol. The highest BCUT2D eigenvalue weighted by molar-refractivity contribution is 7.89. The molecule has 1 aromatic carbocycles. The van der Waals surface area contributed by atoms with E-state index in [0.717, 1.165) is 0 Å². The van der Waals surface area contributed by atoms with Crippen LogP contribution in [0.4, 0.5) is 5.69 Å². The Morgan fingerprint density at radius 3 is 2.55 bits per heavy atom. The van der Waals surface area contributed by atoms with Crippen molar-refractivity contribution in [3.8, 4) is 0 Å². The van der Waals surface area contributed by atoms with Crippen molar-refractivity contribution >= 4 is 21.7 Å². The molecule has 0 aliphatic heterocycles. The number of nitrogens with one attached hydrogen (secondary N) is 1. The molecule has 20 heavy (non-hydrogen) atoms. The molecule has 2 rings (SSSR count). The van der Waals surface area contributed by atoms with E-state index in [4.69, 9.17) is 5.73 Å². The third kappa shape index (κ3) is 3.00. The van der Waals surface area contributed by atoms with Crippen molar-refractivity contribution in [2.24, 2.45) is 0 Å². The zero-order valence-electron chi connectivity index (χ0n) is 11.0. The van der Waals surface area contributed by atoms with Gasteiger partial charge in [-0.15, -0.1) is 0 Å². The lowest BCUT2D eigenvalue weighted by atomic mass is 10.2. The number of nitrogens with two attached hydrogens (primary N) is 1. The smallest absolute Gasteiger partial charge is 0.337 e. The number of ether oxygens (including phenoxy) is 1. The van der Waals surface area contributed by atoms with E-state index in [1.165, 1.54) is 25.3 Å². The number of anilines is 1. The molecule has 0 saturated heterocycles. The number of methoxy groups -OCH3 is 1. The number of esters is 1. The molecule has 0 radical (unpaired) electrons. The van der Waals surface area contributed by atoms with Gasteiger partial charge in [-0.1, -0.05) is 12.2 Å². The van der Waals surface area contributed by atoms with Crippen molar-refractivity contribution in [2.75, 3.05) is 12.8 Å². The third-order valence-corrected chi connectivity index (χ3v) is 4.64. The highest BCUT2D eigenvalue weighted by Crippen LogP contribution is 2.22. The van der Waals surface area contributed by atoms with Crippen LogP contribution in [0.1, 0.15) is 23.2 Å². The average molecular weight is 296 g/mol. The summed E-state index contributed by atoms with van der Waals surface area (Å²) in [5.41, 5.74) is 5.97.